The number of fused-ring (bicyclic) bond motifs is 1. The zero-order valence-electron chi connectivity index (χ0n) is 12.7. The third kappa shape index (κ3) is 3.36. The van der Waals surface area contributed by atoms with E-state index in [9.17, 15) is 13.6 Å². The number of urea groups is 1. The van der Waals surface area contributed by atoms with Gasteiger partial charge in [0.25, 0.3) is 0 Å². The molecular weight excluding hydrogens is 302 g/mol. The number of furan rings is 1. The topological polar surface area (TPSA) is 54.3 Å². The van der Waals surface area contributed by atoms with Gasteiger partial charge in [0.15, 0.2) is 0 Å². The van der Waals surface area contributed by atoms with Crippen molar-refractivity contribution >= 4 is 6.03 Å². The van der Waals surface area contributed by atoms with Crippen LogP contribution in [0.15, 0.2) is 34.9 Å². The number of hydrogen-bond acceptors (Lipinski definition) is 2. The van der Waals surface area contributed by atoms with E-state index in [1.807, 2.05) is 6.07 Å². The van der Waals surface area contributed by atoms with Gasteiger partial charge in [0.05, 0.1) is 18.3 Å². The van der Waals surface area contributed by atoms with Gasteiger partial charge in [-0.3, -0.25) is 0 Å². The quantitative estimate of drug-likeness (QED) is 0.898. The lowest BCUT2D eigenvalue weighted by atomic mass is 9.93. The number of carbonyl (C=O) groups excluding carboxylic acids is 1. The summed E-state index contributed by atoms with van der Waals surface area (Å²) in [6.45, 7) is 1.65. The van der Waals surface area contributed by atoms with Gasteiger partial charge in [0.2, 0.25) is 0 Å². The highest BCUT2D eigenvalue weighted by Gasteiger charge is 2.24. The van der Waals surface area contributed by atoms with Gasteiger partial charge in [0.1, 0.15) is 17.4 Å². The number of rotatable bonds is 3. The SMILES string of the molecule is CC(NC(=O)NC1CCCc2occc21)c1ccc(F)cc1F. The van der Waals surface area contributed by atoms with Crippen LogP contribution in [-0.2, 0) is 6.42 Å². The minimum absolute atomic E-state index is 0.109. The average Bonchev–Trinajstić information content (AvgIpc) is 2.96. The van der Waals surface area contributed by atoms with Crippen molar-refractivity contribution in [3.8, 4) is 0 Å². The highest BCUT2D eigenvalue weighted by Crippen LogP contribution is 2.30. The van der Waals surface area contributed by atoms with Gasteiger partial charge in [-0.2, -0.15) is 0 Å². The Balaban J connectivity index is 1.64. The van der Waals surface area contributed by atoms with Gasteiger partial charge in [-0.15, -0.1) is 0 Å². The fourth-order valence-corrected chi connectivity index (χ4v) is 2.96. The van der Waals surface area contributed by atoms with E-state index in [1.54, 1.807) is 13.2 Å². The van der Waals surface area contributed by atoms with E-state index in [4.69, 9.17) is 4.42 Å². The van der Waals surface area contributed by atoms with Gasteiger partial charge < -0.3 is 15.1 Å². The Labute approximate surface area is 132 Å². The van der Waals surface area contributed by atoms with Gasteiger partial charge >= 0.3 is 6.03 Å². The van der Waals surface area contributed by atoms with Crippen molar-refractivity contribution < 1.29 is 18.0 Å². The molecule has 0 saturated carbocycles. The van der Waals surface area contributed by atoms with Crippen molar-refractivity contribution in [2.75, 3.05) is 0 Å². The van der Waals surface area contributed by atoms with Crippen molar-refractivity contribution in [3.63, 3.8) is 0 Å². The Morgan fingerprint density at radius 2 is 2.17 bits per heavy atom. The third-order valence-electron chi connectivity index (χ3n) is 4.13. The Hall–Kier alpha value is -2.37. The van der Waals surface area contributed by atoms with Crippen molar-refractivity contribution in [2.45, 2.75) is 38.3 Å². The normalized spacial score (nSPS) is 18.1. The smallest absolute Gasteiger partial charge is 0.315 e. The van der Waals surface area contributed by atoms with Crippen molar-refractivity contribution in [1.82, 2.24) is 10.6 Å². The predicted octanol–water partition coefficient (Wildman–Crippen LogP) is 4.00. The van der Waals surface area contributed by atoms with Gasteiger partial charge in [0, 0.05) is 23.6 Å². The Morgan fingerprint density at radius 3 is 2.96 bits per heavy atom. The van der Waals surface area contributed by atoms with E-state index in [1.165, 1.54) is 12.1 Å². The molecular formula is C17H18F2N2O2. The maximum Gasteiger partial charge on any atom is 0.315 e. The second-order valence-corrected chi connectivity index (χ2v) is 5.75. The zero-order chi connectivity index (χ0) is 16.4. The first kappa shape index (κ1) is 15.5. The van der Waals surface area contributed by atoms with Gasteiger partial charge in [-0.05, 0) is 31.9 Å². The monoisotopic (exact) mass is 320 g/mol. The van der Waals surface area contributed by atoms with E-state index in [2.05, 4.69) is 10.6 Å². The second-order valence-electron chi connectivity index (χ2n) is 5.75. The summed E-state index contributed by atoms with van der Waals surface area (Å²) in [7, 11) is 0. The molecule has 2 N–H and O–H groups in total. The van der Waals surface area contributed by atoms with E-state index in [0.29, 0.717) is 0 Å². The predicted molar refractivity (Wildman–Crippen MR) is 80.8 cm³/mol. The molecule has 1 aliphatic carbocycles. The van der Waals surface area contributed by atoms with Crippen molar-refractivity contribution in [3.05, 3.63) is 59.1 Å². The van der Waals surface area contributed by atoms with Crippen LogP contribution in [-0.4, -0.2) is 6.03 Å². The van der Waals surface area contributed by atoms with Crippen LogP contribution in [0.25, 0.3) is 0 Å². The van der Waals surface area contributed by atoms with Gasteiger partial charge in [-0.25, -0.2) is 13.6 Å². The van der Waals surface area contributed by atoms with E-state index < -0.39 is 17.7 Å². The van der Waals surface area contributed by atoms with Crippen LogP contribution in [0.3, 0.4) is 0 Å². The minimum atomic E-state index is -0.674. The number of benzene rings is 1. The first-order valence-corrected chi connectivity index (χ1v) is 7.63. The van der Waals surface area contributed by atoms with Crippen LogP contribution in [0.5, 0.6) is 0 Å². The minimum Gasteiger partial charge on any atom is -0.469 e. The Kier molecular flexibility index (Phi) is 4.32. The molecule has 0 fully saturated rings. The van der Waals surface area contributed by atoms with Crippen LogP contribution in [0.4, 0.5) is 13.6 Å². The standard InChI is InChI=1S/C17H18F2N2O2/c1-10(12-6-5-11(18)9-14(12)19)20-17(22)21-15-3-2-4-16-13(15)7-8-23-16/h5-10,15H,2-4H2,1H3,(H2,20,21,22). The molecule has 2 aromatic rings. The molecule has 2 unspecified atom stereocenters. The van der Waals surface area contributed by atoms with E-state index >= 15 is 0 Å². The molecule has 0 aliphatic heterocycles. The maximum atomic E-state index is 13.7. The molecule has 1 heterocycles. The fourth-order valence-electron chi connectivity index (χ4n) is 2.96. The second kappa shape index (κ2) is 6.40. The molecule has 122 valence electrons. The first-order chi connectivity index (χ1) is 11.0. The molecule has 2 amide bonds. The van der Waals surface area contributed by atoms with Crippen LogP contribution in [0, 0.1) is 11.6 Å². The molecule has 0 radical (unpaired) electrons. The first-order valence-electron chi connectivity index (χ1n) is 7.63. The summed E-state index contributed by atoms with van der Waals surface area (Å²) in [6.07, 6.45) is 4.27. The summed E-state index contributed by atoms with van der Waals surface area (Å²) in [5.74, 6) is -0.413. The molecule has 1 aliphatic rings. The summed E-state index contributed by atoms with van der Waals surface area (Å²) < 4.78 is 32.1. The number of halogens is 2. The summed E-state index contributed by atoms with van der Waals surface area (Å²) in [5, 5.41) is 5.57. The molecule has 0 spiro atoms. The zero-order valence-corrected chi connectivity index (χ0v) is 12.7. The molecule has 0 bridgehead atoms. The molecule has 23 heavy (non-hydrogen) atoms. The summed E-state index contributed by atoms with van der Waals surface area (Å²) in [4.78, 5) is 12.2. The maximum absolute atomic E-state index is 13.7. The van der Waals surface area contributed by atoms with Crippen LogP contribution in [0.2, 0.25) is 0 Å². The number of carbonyl (C=O) groups is 1. The third-order valence-corrected chi connectivity index (χ3v) is 4.13. The largest absolute Gasteiger partial charge is 0.469 e. The Bertz CT molecular complexity index is 714. The number of aryl methyl sites for hydroxylation is 1. The van der Waals surface area contributed by atoms with E-state index in [0.717, 1.165) is 36.7 Å². The van der Waals surface area contributed by atoms with Crippen molar-refractivity contribution in [2.24, 2.45) is 0 Å². The summed E-state index contributed by atoms with van der Waals surface area (Å²) in [5.41, 5.74) is 1.24. The molecule has 6 heteroatoms. The number of hydrogen-bond donors (Lipinski definition) is 2. The molecule has 2 atom stereocenters. The number of amides is 2. The molecule has 1 aromatic carbocycles. The fraction of sp³-hybridized carbons (Fsp3) is 0.353. The van der Waals surface area contributed by atoms with Crippen molar-refractivity contribution in [1.29, 1.82) is 0 Å². The average molecular weight is 320 g/mol. The summed E-state index contributed by atoms with van der Waals surface area (Å²) >= 11 is 0. The Morgan fingerprint density at radius 1 is 1.35 bits per heavy atom. The lowest BCUT2D eigenvalue weighted by Crippen LogP contribution is -2.40. The molecule has 1 aromatic heterocycles. The van der Waals surface area contributed by atoms with E-state index in [-0.39, 0.29) is 17.6 Å². The lowest BCUT2D eigenvalue weighted by Gasteiger charge is -2.24. The molecule has 0 saturated heterocycles. The van der Waals surface area contributed by atoms with Gasteiger partial charge in [-0.1, -0.05) is 6.07 Å². The molecule has 4 nitrogen and oxygen atoms in total. The van der Waals surface area contributed by atoms with Crippen LogP contribution in [0.1, 0.15) is 48.7 Å². The van der Waals surface area contributed by atoms with Crippen LogP contribution >= 0.6 is 0 Å². The lowest BCUT2D eigenvalue weighted by molar-refractivity contribution is 0.232. The molecule has 3 rings (SSSR count). The highest BCUT2D eigenvalue weighted by molar-refractivity contribution is 5.75. The van der Waals surface area contributed by atoms with Crippen LogP contribution < -0.4 is 10.6 Å². The summed E-state index contributed by atoms with van der Waals surface area (Å²) in [6, 6.07) is 4.12. The highest BCUT2D eigenvalue weighted by atomic mass is 19.1. The number of nitrogens with one attached hydrogen (secondary N) is 2.